The van der Waals surface area contributed by atoms with E-state index in [0.717, 1.165) is 52.5 Å². The Labute approximate surface area is 395 Å². The van der Waals surface area contributed by atoms with Gasteiger partial charge in [0, 0.05) is 6.42 Å². The molecule has 67 heavy (non-hydrogen) atoms. The third-order valence-electron chi connectivity index (χ3n) is 10.2. The van der Waals surface area contributed by atoms with Gasteiger partial charge in [-0.2, -0.15) is 0 Å². The molecular formula is C49H74O18. The summed E-state index contributed by atoms with van der Waals surface area (Å²) in [7, 11) is 0. The number of carbonyl (C=O) groups is 9. The van der Waals surface area contributed by atoms with E-state index in [0.29, 0.717) is 6.42 Å². The summed E-state index contributed by atoms with van der Waals surface area (Å²) < 4.78 is 45.3. The number of ether oxygens (including phenoxy) is 9. The monoisotopic (exact) mass is 950 g/mol. The van der Waals surface area contributed by atoms with Crippen LogP contribution in [0.25, 0.3) is 0 Å². The lowest BCUT2D eigenvalue weighted by Crippen LogP contribution is -2.39. The molecule has 0 fully saturated rings. The third-order valence-corrected chi connectivity index (χ3v) is 10.2. The van der Waals surface area contributed by atoms with Crippen molar-refractivity contribution in [3.05, 3.63) is 35.9 Å². The molecule has 0 spiro atoms. The van der Waals surface area contributed by atoms with Crippen molar-refractivity contribution in [2.45, 2.75) is 220 Å². The van der Waals surface area contributed by atoms with E-state index in [1.807, 2.05) is 0 Å². The van der Waals surface area contributed by atoms with Gasteiger partial charge in [0.2, 0.25) is 0 Å². The molecule has 1 rings (SSSR count). The molecule has 0 aliphatic carbocycles. The van der Waals surface area contributed by atoms with Gasteiger partial charge in [-0.3, -0.25) is 4.79 Å². The Balaban J connectivity index is 2.34. The molecule has 0 aromatic heterocycles. The van der Waals surface area contributed by atoms with Crippen LogP contribution in [-0.4, -0.2) is 103 Å². The summed E-state index contributed by atoms with van der Waals surface area (Å²) in [5.74, 6) is -9.36. The molecule has 0 amide bonds. The first kappa shape index (κ1) is 59.5. The summed E-state index contributed by atoms with van der Waals surface area (Å²) >= 11 is 0. The predicted octanol–water partition coefficient (Wildman–Crippen LogP) is 7.44. The van der Waals surface area contributed by atoms with Crippen LogP contribution >= 0.6 is 0 Å². The summed E-state index contributed by atoms with van der Waals surface area (Å²) in [5, 5.41) is 0. The molecule has 0 unspecified atom stereocenters. The molecule has 1 aromatic rings. The van der Waals surface area contributed by atoms with E-state index in [9.17, 15) is 43.2 Å². The molecular weight excluding hydrogens is 877 g/mol. The smallest absolute Gasteiger partial charge is 0.347 e. The average Bonchev–Trinajstić information content (AvgIpc) is 3.29. The zero-order valence-electron chi connectivity index (χ0n) is 40.9. The number of carbonyl (C=O) groups excluding carboxylic acids is 9. The van der Waals surface area contributed by atoms with Crippen molar-refractivity contribution in [3.8, 4) is 0 Å². The Morgan fingerprint density at radius 3 is 0.896 bits per heavy atom. The molecule has 0 heterocycles. The first-order valence-corrected chi connectivity index (χ1v) is 23.6. The first-order chi connectivity index (χ1) is 31.8. The lowest BCUT2D eigenvalue weighted by atomic mass is 10.0. The van der Waals surface area contributed by atoms with Crippen LogP contribution in [0.1, 0.15) is 171 Å². The Kier molecular flexibility index (Phi) is 30.0. The summed E-state index contributed by atoms with van der Waals surface area (Å²) in [4.78, 5) is 112. The highest BCUT2D eigenvalue weighted by Gasteiger charge is 2.33. The van der Waals surface area contributed by atoms with Gasteiger partial charge in [-0.25, -0.2) is 38.4 Å². The van der Waals surface area contributed by atoms with Gasteiger partial charge in [-0.15, -0.1) is 0 Å². The molecule has 8 atom stereocenters. The van der Waals surface area contributed by atoms with Crippen molar-refractivity contribution in [2.24, 2.45) is 0 Å². The van der Waals surface area contributed by atoms with Crippen molar-refractivity contribution in [2.75, 3.05) is 0 Å². The third kappa shape index (κ3) is 26.4. The molecule has 1 aromatic carbocycles. The van der Waals surface area contributed by atoms with E-state index in [1.165, 1.54) is 98.3 Å². The number of unbranched alkanes of at least 4 members (excludes halogenated alkanes) is 14. The van der Waals surface area contributed by atoms with Crippen molar-refractivity contribution in [3.63, 3.8) is 0 Å². The topological polar surface area (TPSA) is 237 Å². The van der Waals surface area contributed by atoms with Gasteiger partial charge < -0.3 is 42.6 Å². The number of rotatable bonds is 34. The second-order valence-corrected chi connectivity index (χ2v) is 16.5. The zero-order valence-corrected chi connectivity index (χ0v) is 40.9. The quantitative estimate of drug-likeness (QED) is 0.0370. The second kappa shape index (κ2) is 33.8. The summed E-state index contributed by atoms with van der Waals surface area (Å²) in [6.45, 7) is 11.6. The first-order valence-electron chi connectivity index (χ1n) is 23.6. The van der Waals surface area contributed by atoms with E-state index < -0.39 is 103 Å². The van der Waals surface area contributed by atoms with E-state index in [1.54, 1.807) is 30.3 Å². The lowest BCUT2D eigenvalue weighted by Gasteiger charge is -2.21. The molecule has 18 heteroatoms. The van der Waals surface area contributed by atoms with Gasteiger partial charge in [0.05, 0.1) is 0 Å². The minimum Gasteiger partial charge on any atom is -0.458 e. The van der Waals surface area contributed by atoms with Crippen LogP contribution in [0.2, 0.25) is 0 Å². The van der Waals surface area contributed by atoms with E-state index in [-0.39, 0.29) is 13.0 Å². The standard InChI is InChI=1S/C49H74O18/c1-10-11-12-13-14-15-16-17-18-19-20-21-22-23-27-30-41(50)60-33(3)43(52)62-35(5)45(54)64-37(7)47(56)66-39(9)49(58)67-38(8)48(57)65-36(6)46(55)63-34(4)44(53)61-32(2)42(51)59-31-40-28-25-24-26-29-40/h24-26,28-29,32-39H,10-23,27,30-31H2,1-9H3/t32-,33+,34-,35-,36-,37-,38-,39-/m1/s1. The molecule has 378 valence electrons. The SMILES string of the molecule is CCCCCCCCCCCCCCCCCC(=O)O[C@@H](C)C(=O)O[C@H](C)C(=O)O[C@H](C)C(=O)O[C@H](C)C(=O)O[C@H](C)C(=O)O[C@H](C)C(=O)O[C@H](C)C(=O)O[C@H](C)C(=O)OCc1ccccc1. The average molecular weight is 951 g/mol. The number of esters is 9. The second-order valence-electron chi connectivity index (χ2n) is 16.5. The fraction of sp³-hybridized carbons (Fsp3) is 0.694. The molecule has 0 saturated carbocycles. The molecule has 0 aliphatic heterocycles. The molecule has 0 N–H and O–H groups in total. The van der Waals surface area contributed by atoms with Gasteiger partial charge in [0.1, 0.15) is 6.61 Å². The van der Waals surface area contributed by atoms with E-state index >= 15 is 0 Å². The lowest BCUT2D eigenvalue weighted by molar-refractivity contribution is -0.189. The Morgan fingerprint density at radius 1 is 0.343 bits per heavy atom. The van der Waals surface area contributed by atoms with Crippen LogP contribution in [0, 0.1) is 0 Å². The van der Waals surface area contributed by atoms with Gasteiger partial charge in [0.25, 0.3) is 0 Å². The van der Waals surface area contributed by atoms with Crippen LogP contribution in [0.3, 0.4) is 0 Å². The summed E-state index contributed by atoms with van der Waals surface area (Å²) in [6, 6.07) is 8.80. The molecule has 0 radical (unpaired) electrons. The van der Waals surface area contributed by atoms with Crippen LogP contribution in [-0.2, 0) is 92.4 Å². The minimum absolute atomic E-state index is 0.0491. The number of hydrogen-bond donors (Lipinski definition) is 0. The molecule has 0 aliphatic rings. The fourth-order valence-electron chi connectivity index (χ4n) is 6.02. The van der Waals surface area contributed by atoms with Gasteiger partial charge >= 0.3 is 53.7 Å². The minimum atomic E-state index is -1.62. The van der Waals surface area contributed by atoms with Crippen LogP contribution in [0.4, 0.5) is 0 Å². The highest BCUT2D eigenvalue weighted by Crippen LogP contribution is 2.15. The molecule has 0 bridgehead atoms. The largest absolute Gasteiger partial charge is 0.458 e. The van der Waals surface area contributed by atoms with Crippen molar-refractivity contribution in [1.82, 2.24) is 0 Å². The van der Waals surface area contributed by atoms with E-state index in [2.05, 4.69) is 6.92 Å². The van der Waals surface area contributed by atoms with Crippen molar-refractivity contribution in [1.29, 1.82) is 0 Å². The fourth-order valence-corrected chi connectivity index (χ4v) is 6.02. The van der Waals surface area contributed by atoms with Gasteiger partial charge in [0.15, 0.2) is 48.8 Å². The Morgan fingerprint density at radius 2 is 0.597 bits per heavy atom. The van der Waals surface area contributed by atoms with Crippen LogP contribution in [0.15, 0.2) is 30.3 Å². The zero-order chi connectivity index (χ0) is 50.3. The highest BCUT2D eigenvalue weighted by atomic mass is 16.7. The number of hydrogen-bond acceptors (Lipinski definition) is 18. The van der Waals surface area contributed by atoms with Crippen LogP contribution in [0.5, 0.6) is 0 Å². The van der Waals surface area contributed by atoms with Crippen molar-refractivity contribution >= 4 is 53.7 Å². The summed E-state index contributed by atoms with van der Waals surface area (Å²) in [6.07, 6.45) is 5.94. The Hall–Kier alpha value is -5.55. The van der Waals surface area contributed by atoms with Gasteiger partial charge in [-0.1, -0.05) is 127 Å². The Bertz CT molecular complexity index is 1700. The maximum atomic E-state index is 12.6. The van der Waals surface area contributed by atoms with Crippen LogP contribution < -0.4 is 0 Å². The highest BCUT2D eigenvalue weighted by molar-refractivity contribution is 5.88. The maximum absolute atomic E-state index is 12.6. The number of benzene rings is 1. The van der Waals surface area contributed by atoms with Crippen molar-refractivity contribution < 1.29 is 85.8 Å². The van der Waals surface area contributed by atoms with E-state index in [4.69, 9.17) is 42.6 Å². The summed E-state index contributed by atoms with van der Waals surface area (Å²) in [5.41, 5.74) is 0.717. The maximum Gasteiger partial charge on any atom is 0.347 e. The predicted molar refractivity (Wildman–Crippen MR) is 240 cm³/mol. The molecule has 18 nitrogen and oxygen atoms in total. The molecule has 0 saturated heterocycles. The normalized spacial score (nSPS) is 14.5. The van der Waals surface area contributed by atoms with Gasteiger partial charge in [-0.05, 0) is 67.4 Å².